The highest BCUT2D eigenvalue weighted by Gasteiger charge is 2.20. The van der Waals surface area contributed by atoms with Crippen LogP contribution < -0.4 is 4.90 Å². The van der Waals surface area contributed by atoms with Crippen LogP contribution >= 0.6 is 0 Å². The van der Waals surface area contributed by atoms with Gasteiger partial charge in [-0.05, 0) is 18.8 Å². The molecule has 5 heteroatoms. The van der Waals surface area contributed by atoms with Gasteiger partial charge in [-0.1, -0.05) is 0 Å². The Kier molecular flexibility index (Phi) is 4.28. The first-order chi connectivity index (χ1) is 8.33. The Morgan fingerprint density at radius 2 is 2.18 bits per heavy atom. The second-order valence-electron chi connectivity index (χ2n) is 4.41. The molecule has 0 aromatic carbocycles. The molecule has 0 bridgehead atoms. The van der Waals surface area contributed by atoms with Gasteiger partial charge in [0.2, 0.25) is 0 Å². The number of nitrogens with zero attached hydrogens (tertiary/aromatic N) is 3. The Balaban J connectivity index is 1.95. The smallest absolute Gasteiger partial charge is 0.147 e. The van der Waals surface area contributed by atoms with Crippen molar-refractivity contribution in [3.63, 3.8) is 0 Å². The van der Waals surface area contributed by atoms with Gasteiger partial charge >= 0.3 is 0 Å². The van der Waals surface area contributed by atoms with Gasteiger partial charge < -0.3 is 14.7 Å². The molecule has 94 valence electrons. The van der Waals surface area contributed by atoms with E-state index >= 15 is 0 Å². The zero-order valence-corrected chi connectivity index (χ0v) is 10.2. The maximum Gasteiger partial charge on any atom is 0.147 e. The van der Waals surface area contributed by atoms with Crippen molar-refractivity contribution in [1.29, 1.82) is 0 Å². The zero-order valence-electron chi connectivity index (χ0n) is 10.2. The third-order valence-corrected chi connectivity index (χ3v) is 3.17. The van der Waals surface area contributed by atoms with Gasteiger partial charge in [-0.3, -0.25) is 4.98 Å². The van der Waals surface area contributed by atoms with Crippen LogP contribution in [-0.4, -0.2) is 41.9 Å². The minimum Gasteiger partial charge on any atom is -0.390 e. The molecule has 1 aliphatic rings. The Labute approximate surface area is 101 Å². The van der Waals surface area contributed by atoms with Crippen LogP contribution in [0.2, 0.25) is 0 Å². The highest BCUT2D eigenvalue weighted by molar-refractivity contribution is 5.36. The summed E-state index contributed by atoms with van der Waals surface area (Å²) in [4.78, 5) is 10.7. The summed E-state index contributed by atoms with van der Waals surface area (Å²) in [5.41, 5.74) is 0.626. The maximum absolute atomic E-state index is 9.03. The minimum atomic E-state index is -0.0546. The fourth-order valence-electron chi connectivity index (χ4n) is 2.19. The number of methoxy groups -OCH3 is 1. The van der Waals surface area contributed by atoms with E-state index in [4.69, 9.17) is 9.84 Å². The van der Waals surface area contributed by atoms with Gasteiger partial charge in [-0.2, -0.15) is 0 Å². The van der Waals surface area contributed by atoms with Gasteiger partial charge in [-0.25, -0.2) is 4.98 Å². The second-order valence-corrected chi connectivity index (χ2v) is 4.41. The van der Waals surface area contributed by atoms with Gasteiger partial charge in [0.15, 0.2) is 0 Å². The lowest BCUT2D eigenvalue weighted by molar-refractivity contribution is 0.139. The molecular formula is C12H19N3O2. The summed E-state index contributed by atoms with van der Waals surface area (Å²) < 4.78 is 5.18. The van der Waals surface area contributed by atoms with Crippen molar-refractivity contribution in [2.45, 2.75) is 19.4 Å². The van der Waals surface area contributed by atoms with Gasteiger partial charge in [0.25, 0.3) is 0 Å². The summed E-state index contributed by atoms with van der Waals surface area (Å²) in [5, 5.41) is 9.03. The molecule has 1 N–H and O–H groups in total. The normalized spacial score (nSPS) is 17.4. The van der Waals surface area contributed by atoms with E-state index in [0.717, 1.165) is 38.4 Å². The first kappa shape index (κ1) is 12.3. The molecule has 1 saturated heterocycles. The van der Waals surface area contributed by atoms with Gasteiger partial charge in [0, 0.05) is 26.8 Å². The molecule has 1 fully saturated rings. The summed E-state index contributed by atoms with van der Waals surface area (Å²) in [6.07, 6.45) is 5.61. The molecule has 0 unspecified atom stereocenters. The van der Waals surface area contributed by atoms with Gasteiger partial charge in [-0.15, -0.1) is 0 Å². The van der Waals surface area contributed by atoms with Crippen LogP contribution in [0.4, 0.5) is 5.82 Å². The van der Waals surface area contributed by atoms with E-state index in [1.54, 1.807) is 19.5 Å². The summed E-state index contributed by atoms with van der Waals surface area (Å²) in [6, 6.07) is 0. The average Bonchev–Trinajstić information content (AvgIpc) is 2.40. The third-order valence-electron chi connectivity index (χ3n) is 3.17. The Morgan fingerprint density at radius 1 is 1.41 bits per heavy atom. The molecule has 0 amide bonds. The average molecular weight is 237 g/mol. The molecule has 1 aromatic heterocycles. The number of ether oxygens (including phenoxy) is 1. The van der Waals surface area contributed by atoms with Crippen molar-refractivity contribution in [1.82, 2.24) is 9.97 Å². The minimum absolute atomic E-state index is 0.0546. The number of hydrogen-bond donors (Lipinski definition) is 1. The van der Waals surface area contributed by atoms with Crippen molar-refractivity contribution < 1.29 is 9.84 Å². The van der Waals surface area contributed by atoms with Crippen molar-refractivity contribution >= 4 is 5.82 Å². The van der Waals surface area contributed by atoms with Crippen LogP contribution in [0.3, 0.4) is 0 Å². The second kappa shape index (κ2) is 5.93. The fraction of sp³-hybridized carbons (Fsp3) is 0.667. The largest absolute Gasteiger partial charge is 0.390 e. The molecule has 17 heavy (non-hydrogen) atoms. The molecule has 1 aliphatic heterocycles. The fourth-order valence-corrected chi connectivity index (χ4v) is 2.19. The summed E-state index contributed by atoms with van der Waals surface area (Å²) in [7, 11) is 1.75. The standard InChI is InChI=1S/C12H19N3O2/c1-17-9-10-2-4-15(5-3-10)12-7-13-6-11(8-16)14-12/h6-7,10,16H,2-5,8-9H2,1H3. The number of piperidine rings is 1. The molecule has 0 aliphatic carbocycles. The number of rotatable bonds is 4. The van der Waals surface area contributed by atoms with E-state index in [1.165, 1.54) is 0 Å². The number of aliphatic hydroxyl groups excluding tert-OH is 1. The molecule has 5 nitrogen and oxygen atoms in total. The van der Waals surface area contributed by atoms with Crippen molar-refractivity contribution in [3.05, 3.63) is 18.1 Å². The van der Waals surface area contributed by atoms with Crippen LogP contribution in [0.1, 0.15) is 18.5 Å². The Bertz CT molecular complexity index is 351. The molecule has 0 radical (unpaired) electrons. The third kappa shape index (κ3) is 3.14. The number of aliphatic hydroxyl groups is 1. The first-order valence-corrected chi connectivity index (χ1v) is 5.99. The zero-order chi connectivity index (χ0) is 12.1. The highest BCUT2D eigenvalue weighted by atomic mass is 16.5. The molecule has 0 spiro atoms. The molecule has 0 atom stereocenters. The summed E-state index contributed by atoms with van der Waals surface area (Å²) in [6.45, 7) is 2.76. The predicted octanol–water partition coefficient (Wildman–Crippen LogP) is 0.832. The van der Waals surface area contributed by atoms with E-state index < -0.39 is 0 Å². The van der Waals surface area contributed by atoms with E-state index in [2.05, 4.69) is 14.9 Å². The number of aromatic nitrogens is 2. The monoisotopic (exact) mass is 237 g/mol. The highest BCUT2D eigenvalue weighted by Crippen LogP contribution is 2.21. The quantitative estimate of drug-likeness (QED) is 0.840. The van der Waals surface area contributed by atoms with Crippen LogP contribution in [0.15, 0.2) is 12.4 Å². The number of anilines is 1. The van der Waals surface area contributed by atoms with Crippen molar-refractivity contribution in [2.24, 2.45) is 5.92 Å². The van der Waals surface area contributed by atoms with Gasteiger partial charge in [0.1, 0.15) is 5.82 Å². The van der Waals surface area contributed by atoms with E-state index in [-0.39, 0.29) is 6.61 Å². The van der Waals surface area contributed by atoms with Crippen LogP contribution in [-0.2, 0) is 11.3 Å². The van der Waals surface area contributed by atoms with E-state index in [9.17, 15) is 0 Å². The Hall–Kier alpha value is -1.20. The first-order valence-electron chi connectivity index (χ1n) is 5.99. The topological polar surface area (TPSA) is 58.5 Å². The van der Waals surface area contributed by atoms with Crippen molar-refractivity contribution in [2.75, 3.05) is 31.7 Å². The maximum atomic E-state index is 9.03. The van der Waals surface area contributed by atoms with Gasteiger partial charge in [0.05, 0.1) is 24.7 Å². The van der Waals surface area contributed by atoms with Crippen molar-refractivity contribution in [3.8, 4) is 0 Å². The summed E-state index contributed by atoms with van der Waals surface area (Å²) in [5.74, 6) is 1.53. The van der Waals surface area contributed by atoms with E-state index in [1.807, 2.05) is 0 Å². The lowest BCUT2D eigenvalue weighted by Gasteiger charge is -2.32. The SMILES string of the molecule is COCC1CCN(c2cncc(CO)n2)CC1. The molecule has 0 saturated carbocycles. The van der Waals surface area contributed by atoms with Crippen LogP contribution in [0.25, 0.3) is 0 Å². The molecule has 1 aromatic rings. The molecular weight excluding hydrogens is 218 g/mol. The molecule has 2 rings (SSSR count). The summed E-state index contributed by atoms with van der Waals surface area (Å²) >= 11 is 0. The van der Waals surface area contributed by atoms with E-state index in [0.29, 0.717) is 11.6 Å². The molecule has 2 heterocycles. The lowest BCUT2D eigenvalue weighted by atomic mass is 9.98. The van der Waals surface area contributed by atoms with Crippen LogP contribution in [0, 0.1) is 5.92 Å². The lowest BCUT2D eigenvalue weighted by Crippen LogP contribution is -2.35. The van der Waals surface area contributed by atoms with Crippen LogP contribution in [0.5, 0.6) is 0 Å². The predicted molar refractivity (Wildman–Crippen MR) is 64.8 cm³/mol. The number of hydrogen-bond acceptors (Lipinski definition) is 5. The Morgan fingerprint density at radius 3 is 2.82 bits per heavy atom.